The van der Waals surface area contributed by atoms with E-state index in [0.717, 1.165) is 0 Å². The van der Waals surface area contributed by atoms with Gasteiger partial charge in [-0.3, -0.25) is 20.4 Å². The monoisotopic (exact) mass is 350 g/mol. The maximum Gasteiger partial charge on any atom is 0.271 e. The highest BCUT2D eigenvalue weighted by molar-refractivity contribution is 7.89. The normalized spacial score (nSPS) is 19.2. The molecule has 2 aliphatic rings. The average molecular weight is 350 g/mol. The number of hydrogen-bond acceptors (Lipinski definition) is 5. The van der Waals surface area contributed by atoms with Gasteiger partial charge in [0.05, 0.1) is 4.90 Å². The lowest BCUT2D eigenvalue weighted by atomic mass is 10.2. The highest BCUT2D eigenvalue weighted by Gasteiger charge is 2.31. The first kappa shape index (κ1) is 16.5. The standard InChI is InChI=1S/C15H18N4O4S/c20-14-7-6-13(16-17-14)15(21)18-8-10-19(11-9-18)24(22,23)12-4-2-1-3-5-12/h1-6,16H,7-11H2,(H,17,20). The van der Waals surface area contributed by atoms with Gasteiger partial charge in [-0.1, -0.05) is 18.2 Å². The highest BCUT2D eigenvalue weighted by Crippen LogP contribution is 2.18. The zero-order chi connectivity index (χ0) is 17.2. The van der Waals surface area contributed by atoms with Crippen LogP contribution in [0, 0.1) is 0 Å². The number of sulfonamides is 1. The highest BCUT2D eigenvalue weighted by atomic mass is 32.2. The largest absolute Gasteiger partial charge is 0.335 e. The topological polar surface area (TPSA) is 98.8 Å². The molecule has 1 aromatic carbocycles. The Morgan fingerprint density at radius 2 is 1.67 bits per heavy atom. The van der Waals surface area contributed by atoms with Crippen LogP contribution in [-0.2, 0) is 19.6 Å². The van der Waals surface area contributed by atoms with Gasteiger partial charge >= 0.3 is 0 Å². The second kappa shape index (κ2) is 6.62. The summed E-state index contributed by atoms with van der Waals surface area (Å²) in [7, 11) is -3.54. The second-order valence-electron chi connectivity index (χ2n) is 5.50. The van der Waals surface area contributed by atoms with Crippen LogP contribution in [0.15, 0.2) is 47.0 Å². The Morgan fingerprint density at radius 1 is 1.00 bits per heavy atom. The van der Waals surface area contributed by atoms with Crippen molar-refractivity contribution >= 4 is 21.8 Å². The maximum absolute atomic E-state index is 12.6. The van der Waals surface area contributed by atoms with Crippen LogP contribution in [0.2, 0.25) is 0 Å². The lowest BCUT2D eigenvalue weighted by molar-refractivity contribution is -0.129. The summed E-state index contributed by atoms with van der Waals surface area (Å²) in [4.78, 5) is 25.3. The van der Waals surface area contributed by atoms with Crippen LogP contribution in [0.3, 0.4) is 0 Å². The molecule has 1 fully saturated rings. The Bertz CT molecular complexity index is 768. The predicted octanol–water partition coefficient (Wildman–Crippen LogP) is -0.572. The van der Waals surface area contributed by atoms with Crippen LogP contribution in [0.5, 0.6) is 0 Å². The number of benzene rings is 1. The Kier molecular flexibility index (Phi) is 4.54. The van der Waals surface area contributed by atoms with Gasteiger partial charge in [0, 0.05) is 32.6 Å². The molecule has 0 aliphatic carbocycles. The Hall–Kier alpha value is -2.39. The van der Waals surface area contributed by atoms with E-state index < -0.39 is 10.0 Å². The van der Waals surface area contributed by atoms with Gasteiger partial charge < -0.3 is 4.90 Å². The first-order valence-electron chi connectivity index (χ1n) is 7.58. The number of nitrogens with zero attached hydrogens (tertiary/aromatic N) is 2. The van der Waals surface area contributed by atoms with Gasteiger partial charge in [0.2, 0.25) is 15.9 Å². The molecule has 2 N–H and O–H groups in total. The number of hydrazine groups is 1. The summed E-state index contributed by atoms with van der Waals surface area (Å²) in [5.41, 5.74) is 5.28. The average Bonchev–Trinajstić information content (AvgIpc) is 2.62. The smallest absolute Gasteiger partial charge is 0.271 e. The molecule has 8 nitrogen and oxygen atoms in total. The molecule has 2 aliphatic heterocycles. The van der Waals surface area contributed by atoms with Crippen molar-refractivity contribution in [1.82, 2.24) is 20.1 Å². The third-order valence-electron chi connectivity index (χ3n) is 3.97. The van der Waals surface area contributed by atoms with Crippen molar-refractivity contribution < 1.29 is 18.0 Å². The third kappa shape index (κ3) is 3.26. The van der Waals surface area contributed by atoms with Gasteiger partial charge in [-0.2, -0.15) is 4.31 Å². The minimum atomic E-state index is -3.54. The van der Waals surface area contributed by atoms with Crippen molar-refractivity contribution in [3.05, 3.63) is 42.1 Å². The Balaban J connectivity index is 1.64. The van der Waals surface area contributed by atoms with Crippen LogP contribution in [0.4, 0.5) is 0 Å². The van der Waals surface area contributed by atoms with Crippen LogP contribution in [-0.4, -0.2) is 55.6 Å². The summed E-state index contributed by atoms with van der Waals surface area (Å²) in [5, 5.41) is 0. The zero-order valence-electron chi connectivity index (χ0n) is 12.9. The van der Waals surface area contributed by atoms with Crippen LogP contribution in [0.1, 0.15) is 6.42 Å². The molecule has 0 radical (unpaired) electrons. The molecule has 2 amide bonds. The molecule has 2 heterocycles. The van der Waals surface area contributed by atoms with Crippen molar-refractivity contribution in [2.45, 2.75) is 11.3 Å². The molecular formula is C15H18N4O4S. The van der Waals surface area contributed by atoms with E-state index in [9.17, 15) is 18.0 Å². The summed E-state index contributed by atoms with van der Waals surface area (Å²) in [6.07, 6.45) is 1.69. The van der Waals surface area contributed by atoms with E-state index in [2.05, 4.69) is 10.9 Å². The van der Waals surface area contributed by atoms with E-state index in [-0.39, 0.29) is 36.2 Å². The molecule has 128 valence electrons. The summed E-state index contributed by atoms with van der Waals surface area (Å²) in [5.74, 6) is -0.447. The molecular weight excluding hydrogens is 332 g/mol. The summed E-state index contributed by atoms with van der Waals surface area (Å²) in [6.45, 7) is 1.08. The van der Waals surface area contributed by atoms with Gasteiger partial charge in [-0.05, 0) is 18.2 Å². The summed E-state index contributed by atoms with van der Waals surface area (Å²) in [6, 6.07) is 8.25. The lowest BCUT2D eigenvalue weighted by Gasteiger charge is -2.34. The second-order valence-corrected chi connectivity index (χ2v) is 7.44. The number of carbonyl (C=O) groups excluding carboxylic acids is 2. The number of rotatable bonds is 3. The van der Waals surface area contributed by atoms with Crippen molar-refractivity contribution in [2.24, 2.45) is 0 Å². The minimum absolute atomic E-state index is 0.149. The quantitative estimate of drug-likeness (QED) is 0.761. The lowest BCUT2D eigenvalue weighted by Crippen LogP contribution is -2.53. The molecule has 0 saturated carbocycles. The molecule has 9 heteroatoms. The predicted molar refractivity (Wildman–Crippen MR) is 85.8 cm³/mol. The fourth-order valence-corrected chi connectivity index (χ4v) is 4.06. The number of piperazine rings is 1. The molecule has 0 spiro atoms. The number of hydrogen-bond donors (Lipinski definition) is 2. The number of carbonyl (C=O) groups is 2. The van der Waals surface area contributed by atoms with Gasteiger partial charge in [-0.15, -0.1) is 0 Å². The summed E-state index contributed by atoms with van der Waals surface area (Å²) >= 11 is 0. The molecule has 0 bridgehead atoms. The maximum atomic E-state index is 12.6. The SMILES string of the molecule is O=C1CC=C(C(=O)N2CCN(S(=O)(=O)c3ccccc3)CC2)NN1. The zero-order valence-corrected chi connectivity index (χ0v) is 13.8. The molecule has 1 aromatic rings. The molecule has 3 rings (SSSR count). The van der Waals surface area contributed by atoms with Gasteiger partial charge in [0.15, 0.2) is 0 Å². The van der Waals surface area contributed by atoms with Crippen LogP contribution < -0.4 is 10.9 Å². The van der Waals surface area contributed by atoms with Gasteiger partial charge in [0.25, 0.3) is 5.91 Å². The molecule has 1 saturated heterocycles. The van der Waals surface area contributed by atoms with E-state index in [1.807, 2.05) is 0 Å². The Labute approximate surface area is 140 Å². The third-order valence-corrected chi connectivity index (χ3v) is 5.88. The fourth-order valence-electron chi connectivity index (χ4n) is 2.62. The van der Waals surface area contributed by atoms with Gasteiger partial charge in [-0.25, -0.2) is 8.42 Å². The first-order valence-corrected chi connectivity index (χ1v) is 9.02. The molecule has 0 atom stereocenters. The molecule has 0 unspecified atom stereocenters. The van der Waals surface area contributed by atoms with Crippen molar-refractivity contribution in [2.75, 3.05) is 26.2 Å². The van der Waals surface area contributed by atoms with Crippen LogP contribution in [0.25, 0.3) is 0 Å². The Morgan fingerprint density at radius 3 is 2.25 bits per heavy atom. The van der Waals surface area contributed by atoms with E-state index in [0.29, 0.717) is 18.8 Å². The van der Waals surface area contributed by atoms with Crippen LogP contribution >= 0.6 is 0 Å². The van der Waals surface area contributed by atoms with Gasteiger partial charge in [0.1, 0.15) is 5.70 Å². The molecule has 24 heavy (non-hydrogen) atoms. The van der Waals surface area contributed by atoms with E-state index in [1.165, 1.54) is 10.4 Å². The van der Waals surface area contributed by atoms with E-state index in [1.54, 1.807) is 35.2 Å². The van der Waals surface area contributed by atoms with E-state index in [4.69, 9.17) is 0 Å². The first-order chi connectivity index (χ1) is 11.5. The summed E-state index contributed by atoms with van der Waals surface area (Å²) < 4.78 is 26.5. The van der Waals surface area contributed by atoms with Crippen molar-refractivity contribution in [3.63, 3.8) is 0 Å². The van der Waals surface area contributed by atoms with E-state index >= 15 is 0 Å². The van der Waals surface area contributed by atoms with Crippen molar-refractivity contribution in [3.8, 4) is 0 Å². The number of nitrogens with one attached hydrogen (secondary N) is 2. The number of amides is 2. The fraction of sp³-hybridized carbons (Fsp3) is 0.333. The minimum Gasteiger partial charge on any atom is -0.335 e. The molecule has 0 aromatic heterocycles. The van der Waals surface area contributed by atoms with Crippen molar-refractivity contribution in [1.29, 1.82) is 0 Å².